The molecule has 0 fully saturated rings. The quantitative estimate of drug-likeness (QED) is 0.467. The topological polar surface area (TPSA) is 59.9 Å². The SMILES string of the molecule is O=c1nc(-c2ccc(Cl)c(Cl)c2)c2c(=O)nc(-c3ccc(Cl)c(Cl)c3)c1=2. The zero-order valence-electron chi connectivity index (χ0n) is 12.7. The van der Waals surface area contributed by atoms with Crippen molar-refractivity contribution in [1.29, 1.82) is 0 Å². The molecule has 2 aliphatic rings. The minimum absolute atomic E-state index is 0.148. The molecule has 2 aromatic carbocycles. The van der Waals surface area contributed by atoms with Crippen LogP contribution in [0.25, 0.3) is 22.5 Å². The standard InChI is InChI=1S/C18H6Cl4N2O2/c19-9-3-1-7(5-11(9)21)15-13-14(18(26)23-15)16(24-17(13)25)8-2-4-10(20)12(22)6-8/h1-6H. The lowest BCUT2D eigenvalue weighted by Crippen LogP contribution is -2.04. The van der Waals surface area contributed by atoms with Crippen LogP contribution in [0.3, 0.4) is 0 Å². The van der Waals surface area contributed by atoms with Crippen molar-refractivity contribution in [3.05, 3.63) is 87.6 Å². The molecule has 0 saturated heterocycles. The summed E-state index contributed by atoms with van der Waals surface area (Å²) in [6.07, 6.45) is 0. The largest absolute Gasteiger partial charge is 0.280 e. The van der Waals surface area contributed by atoms with Crippen LogP contribution in [-0.4, -0.2) is 9.97 Å². The van der Waals surface area contributed by atoms with Crippen LogP contribution in [-0.2, 0) is 0 Å². The lowest BCUT2D eigenvalue weighted by Gasteiger charge is -1.99. The third-order valence-electron chi connectivity index (χ3n) is 3.96. The van der Waals surface area contributed by atoms with Crippen molar-refractivity contribution >= 4 is 46.4 Å². The molecule has 2 aromatic rings. The summed E-state index contributed by atoms with van der Waals surface area (Å²) in [5.74, 6) is 0. The van der Waals surface area contributed by atoms with E-state index in [9.17, 15) is 9.59 Å². The fourth-order valence-corrected chi connectivity index (χ4v) is 3.38. The fourth-order valence-electron chi connectivity index (χ4n) is 2.78. The van der Waals surface area contributed by atoms with E-state index in [1.54, 1.807) is 36.4 Å². The lowest BCUT2D eigenvalue weighted by atomic mass is 10.1. The summed E-state index contributed by atoms with van der Waals surface area (Å²) < 4.78 is 0. The van der Waals surface area contributed by atoms with E-state index in [4.69, 9.17) is 46.4 Å². The molecule has 2 aliphatic heterocycles. The highest BCUT2D eigenvalue weighted by molar-refractivity contribution is 6.42. The van der Waals surface area contributed by atoms with Gasteiger partial charge < -0.3 is 0 Å². The van der Waals surface area contributed by atoms with Gasteiger partial charge in [0.05, 0.1) is 41.9 Å². The molecule has 4 nitrogen and oxygen atoms in total. The van der Waals surface area contributed by atoms with E-state index in [-0.39, 0.29) is 21.8 Å². The number of halogens is 4. The molecule has 128 valence electrons. The van der Waals surface area contributed by atoms with Crippen molar-refractivity contribution in [1.82, 2.24) is 9.97 Å². The predicted octanol–water partition coefficient (Wildman–Crippen LogP) is 4.74. The average Bonchev–Trinajstić information content (AvgIpc) is 3.12. The van der Waals surface area contributed by atoms with Gasteiger partial charge in [-0.2, -0.15) is 0 Å². The monoisotopic (exact) mass is 422 g/mol. The Morgan fingerprint density at radius 1 is 0.577 bits per heavy atom. The molecule has 0 aromatic heterocycles. The first-order valence-electron chi connectivity index (χ1n) is 7.28. The van der Waals surface area contributed by atoms with Crippen LogP contribution in [0.4, 0.5) is 0 Å². The molecule has 0 bridgehead atoms. The summed E-state index contributed by atoms with van der Waals surface area (Å²) >= 11 is 23.9. The Morgan fingerprint density at radius 2 is 0.962 bits per heavy atom. The van der Waals surface area contributed by atoms with Gasteiger partial charge >= 0.3 is 0 Å². The van der Waals surface area contributed by atoms with Crippen molar-refractivity contribution in [2.45, 2.75) is 0 Å². The van der Waals surface area contributed by atoms with Crippen molar-refractivity contribution in [3.8, 4) is 22.5 Å². The third-order valence-corrected chi connectivity index (χ3v) is 5.44. The van der Waals surface area contributed by atoms with Gasteiger partial charge in [0.25, 0.3) is 11.1 Å². The number of aromatic nitrogens is 2. The van der Waals surface area contributed by atoms with Crippen molar-refractivity contribution in [3.63, 3.8) is 0 Å². The summed E-state index contributed by atoms with van der Waals surface area (Å²) in [5, 5.41) is 1.61. The Kier molecular flexibility index (Phi) is 4.24. The number of rotatable bonds is 2. The summed E-state index contributed by atoms with van der Waals surface area (Å²) in [6.45, 7) is 0. The van der Waals surface area contributed by atoms with Crippen molar-refractivity contribution in [2.75, 3.05) is 0 Å². The highest BCUT2D eigenvalue weighted by Crippen LogP contribution is 2.30. The summed E-state index contributed by atoms with van der Waals surface area (Å²) in [4.78, 5) is 33.0. The summed E-state index contributed by atoms with van der Waals surface area (Å²) in [7, 11) is 0. The smallest absolute Gasteiger partial charge is 0.267 e. The van der Waals surface area contributed by atoms with Gasteiger partial charge in [-0.3, -0.25) is 9.59 Å². The first-order chi connectivity index (χ1) is 12.4. The highest BCUT2D eigenvalue weighted by atomic mass is 35.5. The number of benzene rings is 2. The molecule has 2 heterocycles. The Bertz CT molecular complexity index is 1220. The molecular formula is C18H6Cl4N2O2. The fraction of sp³-hybridized carbons (Fsp3) is 0. The maximum absolute atomic E-state index is 12.5. The van der Waals surface area contributed by atoms with Crippen LogP contribution in [0.15, 0.2) is 46.0 Å². The van der Waals surface area contributed by atoms with Gasteiger partial charge in [-0.25, -0.2) is 9.97 Å². The zero-order valence-corrected chi connectivity index (χ0v) is 15.7. The maximum atomic E-state index is 12.5. The van der Waals surface area contributed by atoms with Crippen LogP contribution in [0.2, 0.25) is 20.1 Å². The Morgan fingerprint density at radius 3 is 1.31 bits per heavy atom. The first-order valence-corrected chi connectivity index (χ1v) is 8.80. The summed E-state index contributed by atoms with van der Waals surface area (Å²) in [6, 6.07) is 9.53. The first kappa shape index (κ1) is 17.4. The molecule has 0 spiro atoms. The van der Waals surface area contributed by atoms with E-state index >= 15 is 0 Å². The molecule has 0 amide bonds. The highest BCUT2D eigenvalue weighted by Gasteiger charge is 2.20. The Balaban J connectivity index is 2.04. The van der Waals surface area contributed by atoms with Crippen molar-refractivity contribution < 1.29 is 0 Å². The second-order valence-electron chi connectivity index (χ2n) is 5.54. The molecule has 0 saturated carbocycles. The van der Waals surface area contributed by atoms with Crippen molar-refractivity contribution in [2.24, 2.45) is 0 Å². The van der Waals surface area contributed by atoms with Crippen LogP contribution >= 0.6 is 46.4 Å². The van der Waals surface area contributed by atoms with E-state index in [1.807, 2.05) is 0 Å². The molecular weight excluding hydrogens is 418 g/mol. The Labute approximate surface area is 166 Å². The molecule has 0 radical (unpaired) electrons. The molecule has 0 unspecified atom stereocenters. The van der Waals surface area contributed by atoms with E-state index in [1.165, 1.54) is 0 Å². The van der Waals surface area contributed by atoms with Gasteiger partial charge in [0.2, 0.25) is 0 Å². The third kappa shape index (κ3) is 2.70. The minimum atomic E-state index is -0.545. The number of nitrogens with zero attached hydrogens (tertiary/aromatic N) is 2. The second kappa shape index (κ2) is 6.32. The molecule has 26 heavy (non-hydrogen) atoms. The van der Waals surface area contributed by atoms with Crippen LogP contribution in [0.1, 0.15) is 0 Å². The van der Waals surface area contributed by atoms with Gasteiger partial charge in [-0.15, -0.1) is 0 Å². The van der Waals surface area contributed by atoms with E-state index in [0.29, 0.717) is 31.2 Å². The van der Waals surface area contributed by atoms with Crippen LogP contribution in [0.5, 0.6) is 0 Å². The Hall–Kier alpha value is -1.98. The van der Waals surface area contributed by atoms with Crippen LogP contribution in [0, 0.1) is 10.4 Å². The molecule has 8 heteroatoms. The van der Waals surface area contributed by atoms with E-state index in [0.717, 1.165) is 0 Å². The van der Waals surface area contributed by atoms with Crippen LogP contribution < -0.4 is 11.1 Å². The summed E-state index contributed by atoms with van der Waals surface area (Å²) in [5.41, 5.74) is 0.390. The van der Waals surface area contributed by atoms with Gasteiger partial charge in [0, 0.05) is 11.1 Å². The molecule has 0 aliphatic carbocycles. The normalized spacial score (nSPS) is 11.4. The van der Waals surface area contributed by atoms with E-state index < -0.39 is 11.1 Å². The van der Waals surface area contributed by atoms with Gasteiger partial charge in [0.1, 0.15) is 0 Å². The predicted molar refractivity (Wildman–Crippen MR) is 103 cm³/mol. The molecule has 0 atom stereocenters. The second-order valence-corrected chi connectivity index (χ2v) is 7.17. The number of hydrogen-bond donors (Lipinski definition) is 0. The lowest BCUT2D eigenvalue weighted by molar-refractivity contribution is 1.23. The van der Waals surface area contributed by atoms with Gasteiger partial charge in [-0.05, 0) is 24.3 Å². The average molecular weight is 424 g/mol. The molecule has 4 rings (SSSR count). The number of hydrogen-bond acceptors (Lipinski definition) is 4. The van der Waals surface area contributed by atoms with Gasteiger partial charge in [0.15, 0.2) is 0 Å². The zero-order chi connectivity index (χ0) is 18.6. The van der Waals surface area contributed by atoms with E-state index in [2.05, 4.69) is 9.97 Å². The molecule has 0 N–H and O–H groups in total. The maximum Gasteiger partial charge on any atom is 0.280 e. The minimum Gasteiger partial charge on any atom is -0.267 e. The van der Waals surface area contributed by atoms with Gasteiger partial charge in [-0.1, -0.05) is 58.5 Å².